The van der Waals surface area contributed by atoms with E-state index in [-0.39, 0.29) is 0 Å². The first-order valence-electron chi connectivity index (χ1n) is 5.35. The molecule has 78 valence electrons. The van der Waals surface area contributed by atoms with E-state index >= 15 is 0 Å². The van der Waals surface area contributed by atoms with E-state index in [0.29, 0.717) is 0 Å². The van der Waals surface area contributed by atoms with Crippen molar-refractivity contribution in [3.63, 3.8) is 0 Å². The Kier molecular flexibility index (Phi) is 3.33. The van der Waals surface area contributed by atoms with Crippen LogP contribution >= 0.6 is 0 Å². The average molecular weight is 192 g/mol. The maximum atomic E-state index is 3.94. The van der Waals surface area contributed by atoms with Crippen molar-refractivity contribution in [2.24, 2.45) is 0 Å². The summed E-state index contributed by atoms with van der Waals surface area (Å²) < 4.78 is 0. The maximum absolute atomic E-state index is 3.94. The summed E-state index contributed by atoms with van der Waals surface area (Å²) in [6, 6.07) is 0. The minimum Gasteiger partial charge on any atom is -0.357 e. The minimum atomic E-state index is 0.990. The van der Waals surface area contributed by atoms with E-state index in [2.05, 4.69) is 40.4 Å². The van der Waals surface area contributed by atoms with Gasteiger partial charge in [-0.15, -0.1) is 0 Å². The van der Waals surface area contributed by atoms with E-state index in [4.69, 9.17) is 0 Å². The van der Waals surface area contributed by atoms with Crippen LogP contribution < -0.4 is 5.73 Å². The standard InChI is InChI=1S/C13H21N/c1-8-9(2)11(4)13(6-7-14)12(5)10(8)3/h6-7,14H2,1-5H3/p+1. The molecule has 0 aromatic heterocycles. The van der Waals surface area contributed by atoms with Gasteiger partial charge in [-0.05, 0) is 68.0 Å². The van der Waals surface area contributed by atoms with Gasteiger partial charge in [0, 0.05) is 6.42 Å². The summed E-state index contributed by atoms with van der Waals surface area (Å²) in [5.41, 5.74) is 12.8. The second kappa shape index (κ2) is 4.14. The van der Waals surface area contributed by atoms with Crippen LogP contribution in [0.3, 0.4) is 0 Å². The van der Waals surface area contributed by atoms with Crippen molar-refractivity contribution in [3.8, 4) is 0 Å². The average Bonchev–Trinajstić information content (AvgIpc) is 2.19. The van der Waals surface area contributed by atoms with Crippen LogP contribution in [0.2, 0.25) is 0 Å². The third-order valence-electron chi connectivity index (χ3n) is 3.58. The highest BCUT2D eigenvalue weighted by Crippen LogP contribution is 2.25. The highest BCUT2D eigenvalue weighted by atomic mass is 14.5. The van der Waals surface area contributed by atoms with Gasteiger partial charge in [0.15, 0.2) is 0 Å². The quantitative estimate of drug-likeness (QED) is 0.742. The summed E-state index contributed by atoms with van der Waals surface area (Å²) in [5, 5.41) is 0. The van der Waals surface area contributed by atoms with Gasteiger partial charge < -0.3 is 5.73 Å². The molecule has 0 saturated carbocycles. The molecule has 0 bridgehead atoms. The van der Waals surface area contributed by atoms with Crippen LogP contribution in [-0.2, 0) is 6.42 Å². The van der Waals surface area contributed by atoms with E-state index < -0.39 is 0 Å². The Morgan fingerprint density at radius 3 is 1.43 bits per heavy atom. The molecule has 1 nitrogen and oxygen atoms in total. The molecule has 0 saturated heterocycles. The van der Waals surface area contributed by atoms with E-state index in [1.54, 1.807) is 0 Å². The molecule has 14 heavy (non-hydrogen) atoms. The Hall–Kier alpha value is -0.820. The zero-order valence-corrected chi connectivity index (χ0v) is 10.1. The summed E-state index contributed by atoms with van der Waals surface area (Å²) in [6.45, 7) is 12.1. The molecule has 1 rings (SSSR count). The van der Waals surface area contributed by atoms with Crippen molar-refractivity contribution in [3.05, 3.63) is 33.4 Å². The zero-order valence-electron chi connectivity index (χ0n) is 10.1. The van der Waals surface area contributed by atoms with Crippen LogP contribution in [0.5, 0.6) is 0 Å². The van der Waals surface area contributed by atoms with Crippen molar-refractivity contribution in [1.29, 1.82) is 0 Å². The summed E-state index contributed by atoms with van der Waals surface area (Å²) in [7, 11) is 0. The largest absolute Gasteiger partial charge is 0.357 e. The first-order valence-corrected chi connectivity index (χ1v) is 5.35. The van der Waals surface area contributed by atoms with Crippen molar-refractivity contribution in [2.75, 3.05) is 6.54 Å². The van der Waals surface area contributed by atoms with E-state index in [1.807, 2.05) is 0 Å². The lowest BCUT2D eigenvalue weighted by Gasteiger charge is -2.17. The van der Waals surface area contributed by atoms with Crippen LogP contribution in [-0.4, -0.2) is 6.54 Å². The third-order valence-corrected chi connectivity index (χ3v) is 3.58. The molecule has 0 atom stereocenters. The van der Waals surface area contributed by atoms with Crippen molar-refractivity contribution < 1.29 is 5.73 Å². The van der Waals surface area contributed by atoms with E-state index in [9.17, 15) is 0 Å². The molecule has 0 aliphatic rings. The fraction of sp³-hybridized carbons (Fsp3) is 0.538. The molecule has 0 amide bonds. The lowest BCUT2D eigenvalue weighted by molar-refractivity contribution is -0.366. The zero-order chi connectivity index (χ0) is 10.9. The second-order valence-electron chi connectivity index (χ2n) is 4.21. The molecular formula is C13H22N+. The summed E-state index contributed by atoms with van der Waals surface area (Å²) >= 11 is 0. The lowest BCUT2D eigenvalue weighted by atomic mass is 9.88. The minimum absolute atomic E-state index is 0.990. The number of hydrogen-bond donors (Lipinski definition) is 1. The Bertz CT molecular complexity index is 322. The van der Waals surface area contributed by atoms with Gasteiger partial charge in [-0.3, -0.25) is 0 Å². The SMILES string of the molecule is Cc1c(C)c(C)c(CC[NH3+])c(C)c1C. The highest BCUT2D eigenvalue weighted by molar-refractivity contribution is 5.49. The number of quaternary nitrogens is 1. The van der Waals surface area contributed by atoms with Gasteiger partial charge in [-0.1, -0.05) is 0 Å². The molecule has 1 heteroatoms. The molecule has 0 unspecified atom stereocenters. The Balaban J connectivity index is 3.43. The lowest BCUT2D eigenvalue weighted by Crippen LogP contribution is -2.51. The monoisotopic (exact) mass is 192 g/mol. The van der Waals surface area contributed by atoms with E-state index in [1.165, 1.54) is 33.4 Å². The molecule has 0 aliphatic heterocycles. The second-order valence-corrected chi connectivity index (χ2v) is 4.21. The Morgan fingerprint density at radius 1 is 0.714 bits per heavy atom. The molecule has 1 aromatic carbocycles. The topological polar surface area (TPSA) is 27.6 Å². The van der Waals surface area contributed by atoms with Gasteiger partial charge in [0.2, 0.25) is 0 Å². The van der Waals surface area contributed by atoms with Gasteiger partial charge in [0.05, 0.1) is 6.54 Å². The van der Waals surface area contributed by atoms with Crippen LogP contribution in [0.25, 0.3) is 0 Å². The Morgan fingerprint density at radius 2 is 1.07 bits per heavy atom. The van der Waals surface area contributed by atoms with Gasteiger partial charge in [-0.2, -0.15) is 0 Å². The summed E-state index contributed by atoms with van der Waals surface area (Å²) in [5.74, 6) is 0. The smallest absolute Gasteiger partial charge is 0.0781 e. The van der Waals surface area contributed by atoms with Gasteiger partial charge >= 0.3 is 0 Å². The first-order chi connectivity index (χ1) is 6.50. The maximum Gasteiger partial charge on any atom is 0.0781 e. The van der Waals surface area contributed by atoms with Crippen LogP contribution in [0.1, 0.15) is 33.4 Å². The predicted octanol–water partition coefficient (Wildman–Crippen LogP) is 2.01. The molecule has 0 aliphatic carbocycles. The Labute approximate surface area is 87.3 Å². The van der Waals surface area contributed by atoms with Crippen molar-refractivity contribution >= 4 is 0 Å². The van der Waals surface area contributed by atoms with Crippen molar-refractivity contribution in [1.82, 2.24) is 0 Å². The molecule has 0 fully saturated rings. The molecule has 3 N–H and O–H groups in total. The number of rotatable bonds is 2. The number of benzene rings is 1. The van der Waals surface area contributed by atoms with Gasteiger partial charge in [0.25, 0.3) is 0 Å². The number of hydrogen-bond acceptors (Lipinski definition) is 0. The summed E-state index contributed by atoms with van der Waals surface area (Å²) in [4.78, 5) is 0. The molecule has 0 radical (unpaired) electrons. The van der Waals surface area contributed by atoms with Gasteiger partial charge in [0.1, 0.15) is 0 Å². The molecular weight excluding hydrogens is 170 g/mol. The highest BCUT2D eigenvalue weighted by Gasteiger charge is 2.11. The van der Waals surface area contributed by atoms with E-state index in [0.717, 1.165) is 13.0 Å². The van der Waals surface area contributed by atoms with Crippen molar-refractivity contribution in [2.45, 2.75) is 41.0 Å². The van der Waals surface area contributed by atoms with Crippen LogP contribution in [0.4, 0.5) is 0 Å². The fourth-order valence-electron chi connectivity index (χ4n) is 2.13. The van der Waals surface area contributed by atoms with Crippen LogP contribution in [0.15, 0.2) is 0 Å². The third kappa shape index (κ3) is 1.69. The fourth-order valence-corrected chi connectivity index (χ4v) is 2.13. The molecule has 1 aromatic rings. The molecule has 0 heterocycles. The summed E-state index contributed by atoms with van der Waals surface area (Å²) in [6.07, 6.45) is 1.11. The molecule has 0 spiro atoms. The van der Waals surface area contributed by atoms with Crippen LogP contribution in [0, 0.1) is 34.6 Å². The normalized spacial score (nSPS) is 10.7. The van der Waals surface area contributed by atoms with Gasteiger partial charge in [-0.25, -0.2) is 0 Å². The predicted molar refractivity (Wildman–Crippen MR) is 61.6 cm³/mol. The first kappa shape index (κ1) is 11.3.